The van der Waals surface area contributed by atoms with Crippen molar-refractivity contribution >= 4 is 11.9 Å². The van der Waals surface area contributed by atoms with E-state index >= 15 is 0 Å². The van der Waals surface area contributed by atoms with Gasteiger partial charge in [-0.1, -0.05) is 50.3 Å². The second-order valence-electron chi connectivity index (χ2n) is 11.7. The minimum absolute atomic E-state index is 0.0900. The van der Waals surface area contributed by atoms with Crippen LogP contribution in [0.3, 0.4) is 0 Å². The van der Waals surface area contributed by atoms with Gasteiger partial charge in [0.2, 0.25) is 0 Å². The fraction of sp³-hybridized carbons (Fsp3) is 0.600. The molecule has 2 aliphatic heterocycles. The van der Waals surface area contributed by atoms with Gasteiger partial charge in [-0.3, -0.25) is 4.79 Å². The maximum absolute atomic E-state index is 12.9. The summed E-state index contributed by atoms with van der Waals surface area (Å²) in [6.07, 6.45) is 8.02. The lowest BCUT2D eigenvalue weighted by atomic mass is 9.59. The smallest absolute Gasteiger partial charge is 0.334 e. The Labute approximate surface area is 204 Å². The van der Waals surface area contributed by atoms with Crippen molar-refractivity contribution in [3.63, 3.8) is 0 Å². The average Bonchev–Trinajstić information content (AvgIpc) is 3.23. The van der Waals surface area contributed by atoms with Crippen LogP contribution in [0.25, 0.3) is 0 Å². The van der Waals surface area contributed by atoms with E-state index in [0.29, 0.717) is 12.8 Å². The molecule has 0 unspecified atom stereocenters. The summed E-state index contributed by atoms with van der Waals surface area (Å²) in [5.41, 5.74) is 3.84. The van der Waals surface area contributed by atoms with Crippen molar-refractivity contribution in [1.82, 2.24) is 0 Å². The van der Waals surface area contributed by atoms with Crippen molar-refractivity contribution in [3.8, 4) is 0 Å². The molecule has 1 saturated heterocycles. The fourth-order valence-corrected chi connectivity index (χ4v) is 7.24. The highest BCUT2D eigenvalue weighted by atomic mass is 16.6. The molecule has 4 rings (SSSR count). The number of rotatable bonds is 7. The third-order valence-corrected chi connectivity index (χ3v) is 9.45. The Morgan fingerprint density at radius 3 is 2.21 bits per heavy atom. The van der Waals surface area contributed by atoms with Gasteiger partial charge in [0.25, 0.3) is 0 Å². The molecule has 34 heavy (non-hydrogen) atoms. The van der Waals surface area contributed by atoms with E-state index in [2.05, 4.69) is 54.0 Å². The van der Waals surface area contributed by atoms with Crippen molar-refractivity contribution in [2.45, 2.75) is 78.4 Å². The Bertz CT molecular complexity index is 986. The topological polar surface area (TPSA) is 52.6 Å². The molecular formula is C30H40O4. The van der Waals surface area contributed by atoms with Gasteiger partial charge in [0.05, 0.1) is 5.92 Å². The lowest BCUT2D eigenvalue weighted by Gasteiger charge is -2.45. The summed E-state index contributed by atoms with van der Waals surface area (Å²) in [4.78, 5) is 25.8. The van der Waals surface area contributed by atoms with Crippen LogP contribution >= 0.6 is 0 Å². The van der Waals surface area contributed by atoms with E-state index in [0.717, 1.165) is 48.0 Å². The van der Waals surface area contributed by atoms with Crippen molar-refractivity contribution in [2.75, 3.05) is 0 Å². The molecule has 0 aromatic rings. The normalized spacial score (nSPS) is 41.3. The first-order valence-electron chi connectivity index (χ1n) is 12.7. The third-order valence-electron chi connectivity index (χ3n) is 9.45. The highest BCUT2D eigenvalue weighted by Gasteiger charge is 2.54. The van der Waals surface area contributed by atoms with Crippen LogP contribution in [0.2, 0.25) is 0 Å². The first-order valence-corrected chi connectivity index (χ1v) is 12.7. The van der Waals surface area contributed by atoms with Crippen LogP contribution in [0.1, 0.15) is 66.2 Å². The molecule has 8 atom stereocenters. The van der Waals surface area contributed by atoms with Crippen LogP contribution in [0.15, 0.2) is 60.8 Å². The molecule has 2 saturated carbocycles. The van der Waals surface area contributed by atoms with Gasteiger partial charge in [0.15, 0.2) is 0 Å². The Kier molecular flexibility index (Phi) is 6.33. The molecule has 0 N–H and O–H groups in total. The van der Waals surface area contributed by atoms with Gasteiger partial charge in [-0.05, 0) is 80.6 Å². The standard InChI is InChI=1S/C30H40O4/c1-9-29(7)15-25-21(13-23(29)17(3)4)19(27(31)33-25)11-12-20-22-14-24(18(5)6)30(8,10-2)16-26(22)34-28(20)32/h9-10,19,21,23-26H,1-3,5,11-16H2,4,6-8H3/t19-,21+,23-,24+,25+,26+,29+,30-/m0/s1. The fourth-order valence-electron chi connectivity index (χ4n) is 7.24. The van der Waals surface area contributed by atoms with Gasteiger partial charge in [0.1, 0.15) is 12.2 Å². The van der Waals surface area contributed by atoms with Gasteiger partial charge < -0.3 is 9.47 Å². The van der Waals surface area contributed by atoms with Crippen molar-refractivity contribution < 1.29 is 19.1 Å². The largest absolute Gasteiger partial charge is 0.462 e. The van der Waals surface area contributed by atoms with E-state index in [4.69, 9.17) is 9.47 Å². The molecule has 4 heteroatoms. The molecule has 4 nitrogen and oxygen atoms in total. The third kappa shape index (κ3) is 3.93. The highest BCUT2D eigenvalue weighted by molar-refractivity contribution is 5.92. The number of hydrogen-bond donors (Lipinski definition) is 0. The Morgan fingerprint density at radius 1 is 1.00 bits per heavy atom. The molecule has 4 aliphatic rings. The second-order valence-corrected chi connectivity index (χ2v) is 11.7. The summed E-state index contributed by atoms with van der Waals surface area (Å²) in [6, 6.07) is 0. The average molecular weight is 465 g/mol. The number of allylic oxidation sites excluding steroid dienone is 4. The van der Waals surface area contributed by atoms with Gasteiger partial charge in [-0.15, -0.1) is 13.2 Å². The molecule has 3 fully saturated rings. The monoisotopic (exact) mass is 464 g/mol. The number of fused-ring (bicyclic) bond motifs is 2. The number of esters is 2. The van der Waals surface area contributed by atoms with E-state index in [1.807, 2.05) is 12.2 Å². The molecule has 0 spiro atoms. The zero-order chi connectivity index (χ0) is 25.0. The molecule has 184 valence electrons. The number of carbonyl (C=O) groups excluding carboxylic acids is 2. The van der Waals surface area contributed by atoms with Crippen LogP contribution in [0.5, 0.6) is 0 Å². The minimum atomic E-state index is -0.223. The zero-order valence-electron chi connectivity index (χ0n) is 21.3. The molecule has 0 aromatic carbocycles. The van der Waals surface area contributed by atoms with E-state index in [9.17, 15) is 9.59 Å². The summed E-state index contributed by atoms with van der Waals surface area (Å²) in [6.45, 7) is 25.0. The number of ether oxygens (including phenoxy) is 2. The first-order chi connectivity index (χ1) is 15.9. The number of hydrogen-bond acceptors (Lipinski definition) is 4. The predicted molar refractivity (Wildman–Crippen MR) is 135 cm³/mol. The van der Waals surface area contributed by atoms with Gasteiger partial charge >= 0.3 is 11.9 Å². The maximum atomic E-state index is 12.9. The van der Waals surface area contributed by atoms with E-state index in [1.54, 1.807) is 0 Å². The molecule has 0 bridgehead atoms. The number of carbonyl (C=O) groups is 2. The second kappa shape index (κ2) is 8.70. The first kappa shape index (κ1) is 24.8. The molecule has 0 amide bonds. The predicted octanol–water partition coefficient (Wildman–Crippen LogP) is 6.50. The van der Waals surface area contributed by atoms with E-state index in [1.165, 1.54) is 0 Å². The molecule has 2 heterocycles. The van der Waals surface area contributed by atoms with Gasteiger partial charge in [-0.25, -0.2) is 4.79 Å². The van der Waals surface area contributed by atoms with Gasteiger partial charge in [0, 0.05) is 11.5 Å². The lowest BCUT2D eigenvalue weighted by molar-refractivity contribution is -0.146. The van der Waals surface area contributed by atoms with Crippen molar-refractivity contribution in [1.29, 1.82) is 0 Å². The summed E-state index contributed by atoms with van der Waals surface area (Å²) >= 11 is 0. The Balaban J connectivity index is 1.54. The van der Waals surface area contributed by atoms with Crippen LogP contribution < -0.4 is 0 Å². The van der Waals surface area contributed by atoms with Crippen LogP contribution in [0, 0.1) is 34.5 Å². The Morgan fingerprint density at radius 2 is 1.62 bits per heavy atom. The molecule has 0 aromatic heterocycles. The molecule has 2 aliphatic carbocycles. The van der Waals surface area contributed by atoms with E-state index < -0.39 is 0 Å². The maximum Gasteiger partial charge on any atom is 0.334 e. The SMILES string of the molecule is C=C[C@@]1(C)C[C@H]2OC(=O)C(CC[C@@H]3C(=O)O[C@@H]4C[C@@](C)(C=C)[C@H](C(=C)C)C[C@H]34)=C2C[C@@H]1C(=C)C. The van der Waals surface area contributed by atoms with Crippen molar-refractivity contribution in [2.24, 2.45) is 34.5 Å². The molecule has 0 radical (unpaired) electrons. The highest BCUT2D eigenvalue weighted by Crippen LogP contribution is 2.54. The summed E-state index contributed by atoms with van der Waals surface area (Å²) in [5, 5.41) is 0. The zero-order valence-corrected chi connectivity index (χ0v) is 21.3. The van der Waals surface area contributed by atoms with Crippen LogP contribution in [-0.2, 0) is 19.1 Å². The summed E-state index contributed by atoms with van der Waals surface area (Å²) in [7, 11) is 0. The quantitative estimate of drug-likeness (QED) is 0.319. The summed E-state index contributed by atoms with van der Waals surface area (Å²) < 4.78 is 11.7. The van der Waals surface area contributed by atoms with Crippen LogP contribution in [0.4, 0.5) is 0 Å². The Hall–Kier alpha value is -2.36. The van der Waals surface area contributed by atoms with Crippen molar-refractivity contribution in [3.05, 3.63) is 60.8 Å². The minimum Gasteiger partial charge on any atom is -0.462 e. The van der Waals surface area contributed by atoms with E-state index in [-0.39, 0.29) is 58.6 Å². The summed E-state index contributed by atoms with van der Waals surface area (Å²) in [5.74, 6) is 0.115. The lowest BCUT2D eigenvalue weighted by Crippen LogP contribution is -2.41. The van der Waals surface area contributed by atoms with Gasteiger partial charge in [-0.2, -0.15) is 0 Å². The van der Waals surface area contributed by atoms with Crippen LogP contribution in [-0.4, -0.2) is 24.1 Å². The molecular weight excluding hydrogens is 424 g/mol.